The van der Waals surface area contributed by atoms with Gasteiger partial charge in [0, 0.05) is 5.39 Å². The molecule has 0 aliphatic carbocycles. The van der Waals surface area contributed by atoms with Crippen LogP contribution in [0.4, 0.5) is 0 Å². The van der Waals surface area contributed by atoms with Crippen LogP contribution in [0.3, 0.4) is 0 Å². The monoisotopic (exact) mass is 230 g/mol. The van der Waals surface area contributed by atoms with E-state index in [0.29, 0.717) is 6.61 Å². The summed E-state index contributed by atoms with van der Waals surface area (Å²) in [6.07, 6.45) is 1.41. The smallest absolute Gasteiger partial charge is 0.127 e. The van der Waals surface area contributed by atoms with E-state index in [1.165, 1.54) is 5.39 Å². The van der Waals surface area contributed by atoms with Gasteiger partial charge in [-0.1, -0.05) is 36.4 Å². The Bertz CT molecular complexity index is 472. The summed E-state index contributed by atoms with van der Waals surface area (Å²) in [5, 5.41) is 11.5. The molecule has 0 fully saturated rings. The molecule has 0 amide bonds. The minimum absolute atomic E-state index is 0.244. The molecule has 0 bridgehead atoms. The van der Waals surface area contributed by atoms with E-state index in [4.69, 9.17) is 9.84 Å². The highest BCUT2D eigenvalue weighted by Gasteiger charge is 2.01. The van der Waals surface area contributed by atoms with E-state index in [2.05, 4.69) is 18.2 Å². The van der Waals surface area contributed by atoms with Gasteiger partial charge in [0.05, 0.1) is 12.7 Å². The first-order valence-corrected chi connectivity index (χ1v) is 6.06. The summed E-state index contributed by atoms with van der Waals surface area (Å²) in [7, 11) is 0. The molecule has 0 radical (unpaired) electrons. The molecule has 0 heterocycles. The lowest BCUT2D eigenvalue weighted by molar-refractivity contribution is 0.170. The second kappa shape index (κ2) is 5.69. The summed E-state index contributed by atoms with van der Waals surface area (Å²) in [5.74, 6) is 0.925. The van der Waals surface area contributed by atoms with Gasteiger partial charge < -0.3 is 9.84 Å². The van der Waals surface area contributed by atoms with Gasteiger partial charge in [-0.05, 0) is 31.2 Å². The Morgan fingerprint density at radius 2 is 1.88 bits per heavy atom. The maximum atomic E-state index is 9.17. The van der Waals surface area contributed by atoms with E-state index in [9.17, 15) is 0 Å². The van der Waals surface area contributed by atoms with Crippen LogP contribution >= 0.6 is 0 Å². The zero-order valence-electron chi connectivity index (χ0n) is 10.1. The summed E-state index contributed by atoms with van der Waals surface area (Å²) in [4.78, 5) is 0. The standard InChI is InChI=1S/C15H18O2/c1-12(16)6-5-11-17-15-10-4-8-13-7-2-3-9-14(13)15/h2-4,7-10,12,16H,5-6,11H2,1H3. The van der Waals surface area contributed by atoms with Crippen LogP contribution in [0.5, 0.6) is 5.75 Å². The highest BCUT2D eigenvalue weighted by atomic mass is 16.5. The molecule has 2 nitrogen and oxygen atoms in total. The number of fused-ring (bicyclic) bond motifs is 1. The van der Waals surface area contributed by atoms with Gasteiger partial charge in [-0.25, -0.2) is 0 Å². The van der Waals surface area contributed by atoms with Crippen LogP contribution < -0.4 is 4.74 Å². The minimum Gasteiger partial charge on any atom is -0.493 e. The molecule has 0 aliphatic heterocycles. The summed E-state index contributed by atoms with van der Waals surface area (Å²) in [5.41, 5.74) is 0. The van der Waals surface area contributed by atoms with E-state index in [-0.39, 0.29) is 6.10 Å². The number of benzene rings is 2. The molecule has 0 saturated heterocycles. The highest BCUT2D eigenvalue weighted by molar-refractivity contribution is 5.88. The van der Waals surface area contributed by atoms with Gasteiger partial charge >= 0.3 is 0 Å². The van der Waals surface area contributed by atoms with Crippen molar-refractivity contribution in [2.75, 3.05) is 6.61 Å². The first-order valence-electron chi connectivity index (χ1n) is 6.06. The molecular weight excluding hydrogens is 212 g/mol. The number of hydrogen-bond acceptors (Lipinski definition) is 2. The fraction of sp³-hybridized carbons (Fsp3) is 0.333. The average molecular weight is 230 g/mol. The number of aliphatic hydroxyl groups excluding tert-OH is 1. The maximum absolute atomic E-state index is 9.17. The van der Waals surface area contributed by atoms with Gasteiger partial charge in [0.25, 0.3) is 0 Å². The summed E-state index contributed by atoms with van der Waals surface area (Å²) >= 11 is 0. The van der Waals surface area contributed by atoms with Crippen molar-refractivity contribution in [3.63, 3.8) is 0 Å². The Hall–Kier alpha value is -1.54. The van der Waals surface area contributed by atoms with Crippen LogP contribution in [0.15, 0.2) is 42.5 Å². The number of ether oxygens (including phenoxy) is 1. The topological polar surface area (TPSA) is 29.5 Å². The molecule has 1 atom stereocenters. The van der Waals surface area contributed by atoms with Crippen molar-refractivity contribution in [1.29, 1.82) is 0 Å². The van der Waals surface area contributed by atoms with Crippen LogP contribution in [0.25, 0.3) is 10.8 Å². The summed E-state index contributed by atoms with van der Waals surface area (Å²) in [6.45, 7) is 2.46. The number of hydrogen-bond donors (Lipinski definition) is 1. The normalized spacial score (nSPS) is 12.6. The van der Waals surface area contributed by atoms with E-state index in [1.54, 1.807) is 6.92 Å². The lowest BCUT2D eigenvalue weighted by atomic mass is 10.1. The fourth-order valence-electron chi connectivity index (χ4n) is 1.88. The second-order valence-electron chi connectivity index (χ2n) is 4.32. The van der Waals surface area contributed by atoms with E-state index >= 15 is 0 Å². The maximum Gasteiger partial charge on any atom is 0.127 e. The fourth-order valence-corrected chi connectivity index (χ4v) is 1.88. The molecule has 17 heavy (non-hydrogen) atoms. The molecule has 2 heteroatoms. The largest absolute Gasteiger partial charge is 0.493 e. The van der Waals surface area contributed by atoms with Gasteiger partial charge in [0.2, 0.25) is 0 Å². The van der Waals surface area contributed by atoms with Crippen molar-refractivity contribution in [3.8, 4) is 5.75 Å². The third-order valence-corrected chi connectivity index (χ3v) is 2.77. The number of aliphatic hydroxyl groups is 1. The Morgan fingerprint density at radius 1 is 1.12 bits per heavy atom. The van der Waals surface area contributed by atoms with Gasteiger partial charge in [0.15, 0.2) is 0 Å². The van der Waals surface area contributed by atoms with Crippen molar-refractivity contribution >= 4 is 10.8 Å². The molecule has 0 aromatic heterocycles. The van der Waals surface area contributed by atoms with E-state index < -0.39 is 0 Å². The summed E-state index contributed by atoms with van der Waals surface area (Å²) < 4.78 is 5.76. The predicted octanol–water partition coefficient (Wildman–Crippen LogP) is 3.38. The predicted molar refractivity (Wildman–Crippen MR) is 70.4 cm³/mol. The average Bonchev–Trinajstić information content (AvgIpc) is 2.34. The molecular formula is C15H18O2. The van der Waals surface area contributed by atoms with Gasteiger partial charge in [0.1, 0.15) is 5.75 Å². The number of rotatable bonds is 5. The molecule has 0 aliphatic rings. The molecule has 0 saturated carbocycles. The van der Waals surface area contributed by atoms with Gasteiger partial charge in [-0.15, -0.1) is 0 Å². The highest BCUT2D eigenvalue weighted by Crippen LogP contribution is 2.25. The van der Waals surface area contributed by atoms with Crippen molar-refractivity contribution < 1.29 is 9.84 Å². The molecule has 0 spiro atoms. The third kappa shape index (κ3) is 3.21. The zero-order chi connectivity index (χ0) is 12.1. The van der Waals surface area contributed by atoms with Crippen molar-refractivity contribution in [3.05, 3.63) is 42.5 Å². The van der Waals surface area contributed by atoms with Crippen LogP contribution in [0.1, 0.15) is 19.8 Å². The van der Waals surface area contributed by atoms with E-state index in [0.717, 1.165) is 24.0 Å². The molecule has 2 aromatic rings. The third-order valence-electron chi connectivity index (χ3n) is 2.77. The molecule has 1 unspecified atom stereocenters. The van der Waals surface area contributed by atoms with Gasteiger partial charge in [-0.2, -0.15) is 0 Å². The van der Waals surface area contributed by atoms with Crippen LogP contribution in [-0.2, 0) is 0 Å². The Morgan fingerprint density at radius 3 is 2.71 bits per heavy atom. The Balaban J connectivity index is 2.03. The van der Waals surface area contributed by atoms with Gasteiger partial charge in [-0.3, -0.25) is 0 Å². The zero-order valence-corrected chi connectivity index (χ0v) is 10.1. The van der Waals surface area contributed by atoms with Crippen molar-refractivity contribution in [1.82, 2.24) is 0 Å². The molecule has 1 N–H and O–H groups in total. The Kier molecular flexibility index (Phi) is 3.99. The minimum atomic E-state index is -0.244. The quantitative estimate of drug-likeness (QED) is 0.798. The lowest BCUT2D eigenvalue weighted by Crippen LogP contribution is -2.04. The van der Waals surface area contributed by atoms with Crippen molar-refractivity contribution in [2.24, 2.45) is 0 Å². The molecule has 2 aromatic carbocycles. The van der Waals surface area contributed by atoms with Crippen LogP contribution in [0.2, 0.25) is 0 Å². The Labute approximate surface area is 102 Å². The second-order valence-corrected chi connectivity index (χ2v) is 4.32. The van der Waals surface area contributed by atoms with Crippen LogP contribution in [-0.4, -0.2) is 17.8 Å². The molecule has 90 valence electrons. The van der Waals surface area contributed by atoms with E-state index in [1.807, 2.05) is 24.3 Å². The SMILES string of the molecule is CC(O)CCCOc1cccc2ccccc12. The first-order chi connectivity index (χ1) is 8.27. The molecule has 2 rings (SSSR count). The van der Waals surface area contributed by atoms with Crippen LogP contribution in [0, 0.1) is 0 Å². The van der Waals surface area contributed by atoms with Crippen molar-refractivity contribution in [2.45, 2.75) is 25.9 Å². The first kappa shape index (κ1) is 11.9. The summed E-state index contributed by atoms with van der Waals surface area (Å²) in [6, 6.07) is 14.3. The lowest BCUT2D eigenvalue weighted by Gasteiger charge is -2.09.